The van der Waals surface area contributed by atoms with Gasteiger partial charge in [0, 0.05) is 29.1 Å². The lowest BCUT2D eigenvalue weighted by atomic mass is 9.96. The molecule has 2 aromatic carbocycles. The monoisotopic (exact) mass is 574 g/mol. The number of imidazole rings is 1. The number of urea groups is 1. The summed E-state index contributed by atoms with van der Waals surface area (Å²) >= 11 is 0. The number of aromatic amines is 1. The first-order valence-electron chi connectivity index (χ1n) is 13.1. The molecule has 0 aliphatic carbocycles. The highest BCUT2D eigenvalue weighted by molar-refractivity contribution is 6.01. The number of aromatic nitrogens is 4. The van der Waals surface area contributed by atoms with E-state index in [2.05, 4.69) is 25.8 Å². The number of anilines is 2. The molecule has 42 heavy (non-hydrogen) atoms. The molecule has 0 unspecified atom stereocenters. The van der Waals surface area contributed by atoms with E-state index >= 15 is 4.39 Å². The molecule has 3 N–H and O–H groups in total. The Bertz CT molecular complexity index is 1770. The molecular formula is C30H31FN6O5. The highest BCUT2D eigenvalue weighted by Crippen LogP contribution is 2.38. The molecule has 0 saturated carbocycles. The molecule has 0 atom stereocenters. The number of methoxy groups -OCH3 is 2. The fourth-order valence-corrected chi connectivity index (χ4v) is 4.41. The van der Waals surface area contributed by atoms with Crippen LogP contribution in [0.5, 0.6) is 23.0 Å². The molecule has 0 spiro atoms. The van der Waals surface area contributed by atoms with Gasteiger partial charge in [-0.3, -0.25) is 10.3 Å². The number of pyridine rings is 1. The van der Waals surface area contributed by atoms with Gasteiger partial charge in [0.05, 0.1) is 36.7 Å². The van der Waals surface area contributed by atoms with Gasteiger partial charge in [0.2, 0.25) is 0 Å². The quantitative estimate of drug-likeness (QED) is 0.187. The van der Waals surface area contributed by atoms with Crippen LogP contribution in [0.15, 0.2) is 47.1 Å². The number of carbonyl (C=O) groups is 1. The Hall–Kier alpha value is -5.13. The van der Waals surface area contributed by atoms with Gasteiger partial charge in [0.15, 0.2) is 11.5 Å². The fourth-order valence-electron chi connectivity index (χ4n) is 4.41. The van der Waals surface area contributed by atoms with Crippen LogP contribution in [0.4, 0.5) is 20.7 Å². The number of carbonyl (C=O) groups excluding carboxylic acids is 1. The van der Waals surface area contributed by atoms with E-state index in [4.69, 9.17) is 23.7 Å². The lowest BCUT2D eigenvalue weighted by molar-refractivity contribution is 0.262. The standard InChI is InChI=1S/C30H31FN6O5/c1-15-25(16(2)42-37-15)26-27(35-28(34-26)30(3,4)5)36-29(38)33-20-9-8-17(12-19(20)31)41-22-10-11-32-21-14-24(40-7)23(39-6)13-18(21)22/h8-14H,1-7H3,(H,34,35)(H2,33,36,38). The van der Waals surface area contributed by atoms with Crippen LogP contribution in [-0.2, 0) is 5.41 Å². The lowest BCUT2D eigenvalue weighted by Crippen LogP contribution is -2.21. The number of hydrogen-bond acceptors (Lipinski definition) is 8. The molecule has 5 aromatic rings. The van der Waals surface area contributed by atoms with Crippen molar-refractivity contribution in [3.05, 3.63) is 65.7 Å². The van der Waals surface area contributed by atoms with Crippen LogP contribution in [0.2, 0.25) is 0 Å². The van der Waals surface area contributed by atoms with Crippen molar-refractivity contribution in [3.8, 4) is 34.3 Å². The molecule has 0 aliphatic heterocycles. The Morgan fingerprint density at radius 1 is 1.00 bits per heavy atom. The maximum absolute atomic E-state index is 15.1. The summed E-state index contributed by atoms with van der Waals surface area (Å²) in [5.74, 6) is 2.56. The zero-order valence-corrected chi connectivity index (χ0v) is 24.3. The summed E-state index contributed by atoms with van der Waals surface area (Å²) in [7, 11) is 3.07. The average Bonchev–Trinajstić information content (AvgIpc) is 3.51. The van der Waals surface area contributed by atoms with E-state index in [-0.39, 0.29) is 16.9 Å². The summed E-state index contributed by atoms with van der Waals surface area (Å²) in [5, 5.41) is 9.95. The number of benzene rings is 2. The topological polar surface area (TPSA) is 136 Å². The molecule has 0 bridgehead atoms. The third-order valence-corrected chi connectivity index (χ3v) is 6.55. The fraction of sp³-hybridized carbons (Fsp3) is 0.267. The molecule has 0 fully saturated rings. The van der Waals surface area contributed by atoms with E-state index in [0.29, 0.717) is 62.5 Å². The number of hydrogen-bond donors (Lipinski definition) is 3. The Morgan fingerprint density at radius 3 is 2.38 bits per heavy atom. The predicted molar refractivity (Wildman–Crippen MR) is 156 cm³/mol. The predicted octanol–water partition coefficient (Wildman–Crippen LogP) is 7.12. The van der Waals surface area contributed by atoms with Gasteiger partial charge < -0.3 is 29.0 Å². The number of nitrogens with one attached hydrogen (secondary N) is 3. The van der Waals surface area contributed by atoms with Crippen molar-refractivity contribution in [3.63, 3.8) is 0 Å². The van der Waals surface area contributed by atoms with Crippen molar-refractivity contribution < 1.29 is 27.9 Å². The van der Waals surface area contributed by atoms with E-state index < -0.39 is 11.8 Å². The van der Waals surface area contributed by atoms with Crippen molar-refractivity contribution in [2.24, 2.45) is 0 Å². The molecule has 3 aromatic heterocycles. The Balaban J connectivity index is 1.36. The van der Waals surface area contributed by atoms with Crippen LogP contribution >= 0.6 is 0 Å². The van der Waals surface area contributed by atoms with E-state index in [1.807, 2.05) is 20.8 Å². The average molecular weight is 575 g/mol. The van der Waals surface area contributed by atoms with E-state index in [9.17, 15) is 4.79 Å². The molecule has 2 amide bonds. The van der Waals surface area contributed by atoms with E-state index in [0.717, 1.165) is 0 Å². The number of H-pyrrole nitrogens is 1. The molecule has 11 nitrogen and oxygen atoms in total. The van der Waals surface area contributed by atoms with Crippen LogP contribution in [0.1, 0.15) is 38.0 Å². The third kappa shape index (κ3) is 5.55. The maximum Gasteiger partial charge on any atom is 0.324 e. The first-order chi connectivity index (χ1) is 20.0. The second kappa shape index (κ2) is 11.0. The van der Waals surface area contributed by atoms with Crippen LogP contribution in [0.3, 0.4) is 0 Å². The summed E-state index contributed by atoms with van der Waals surface area (Å²) < 4.78 is 37.2. The molecule has 0 aliphatic rings. The minimum atomic E-state index is -0.689. The SMILES string of the molecule is COc1cc2nccc(Oc3ccc(NC(=O)Nc4[nH]c(C(C)(C)C)nc4-c4c(C)noc4C)c(F)c3)c2cc1OC. The van der Waals surface area contributed by atoms with Crippen molar-refractivity contribution in [2.45, 2.75) is 40.0 Å². The molecule has 0 radical (unpaired) electrons. The number of halogens is 1. The second-order valence-corrected chi connectivity index (χ2v) is 10.6. The summed E-state index contributed by atoms with van der Waals surface area (Å²) in [6.45, 7) is 9.55. The number of aryl methyl sites for hydroxylation is 2. The third-order valence-electron chi connectivity index (χ3n) is 6.55. The summed E-state index contributed by atoms with van der Waals surface area (Å²) in [6.07, 6.45) is 1.58. The normalized spacial score (nSPS) is 11.4. The Kier molecular flexibility index (Phi) is 7.46. The second-order valence-electron chi connectivity index (χ2n) is 10.6. The van der Waals surface area contributed by atoms with Crippen molar-refractivity contribution >= 4 is 28.4 Å². The minimum Gasteiger partial charge on any atom is -0.493 e. The zero-order valence-electron chi connectivity index (χ0n) is 24.3. The highest BCUT2D eigenvalue weighted by atomic mass is 19.1. The first kappa shape index (κ1) is 28.4. The number of ether oxygens (including phenoxy) is 3. The van der Waals surface area contributed by atoms with Crippen molar-refractivity contribution in [1.82, 2.24) is 20.1 Å². The first-order valence-corrected chi connectivity index (χ1v) is 13.1. The van der Waals surface area contributed by atoms with Gasteiger partial charge >= 0.3 is 6.03 Å². The minimum absolute atomic E-state index is 0.0414. The summed E-state index contributed by atoms with van der Waals surface area (Å²) in [4.78, 5) is 25.2. The molecular weight excluding hydrogens is 543 g/mol. The lowest BCUT2D eigenvalue weighted by Gasteiger charge is -2.14. The van der Waals surface area contributed by atoms with E-state index in [1.54, 1.807) is 51.4 Å². The van der Waals surface area contributed by atoms with E-state index in [1.165, 1.54) is 19.2 Å². The number of fused-ring (bicyclic) bond motifs is 1. The smallest absolute Gasteiger partial charge is 0.324 e. The molecule has 12 heteroatoms. The van der Waals surface area contributed by atoms with Gasteiger partial charge in [-0.2, -0.15) is 0 Å². The van der Waals surface area contributed by atoms with Gasteiger partial charge in [-0.15, -0.1) is 0 Å². The highest BCUT2D eigenvalue weighted by Gasteiger charge is 2.26. The van der Waals surface area contributed by atoms with Gasteiger partial charge in [-0.1, -0.05) is 25.9 Å². The van der Waals surface area contributed by atoms with Crippen molar-refractivity contribution in [2.75, 3.05) is 24.9 Å². The van der Waals surface area contributed by atoms with Gasteiger partial charge in [-0.05, 0) is 38.1 Å². The summed E-state index contributed by atoms with van der Waals surface area (Å²) in [5.41, 5.74) is 2.02. The Morgan fingerprint density at radius 2 is 1.74 bits per heavy atom. The largest absolute Gasteiger partial charge is 0.493 e. The van der Waals surface area contributed by atoms with Crippen LogP contribution in [-0.4, -0.2) is 40.4 Å². The molecule has 3 heterocycles. The van der Waals surface area contributed by atoms with Gasteiger partial charge in [0.25, 0.3) is 0 Å². The molecule has 218 valence electrons. The number of rotatable bonds is 7. The van der Waals surface area contributed by atoms with Crippen molar-refractivity contribution in [1.29, 1.82) is 0 Å². The number of amides is 2. The maximum atomic E-state index is 15.1. The van der Waals surface area contributed by atoms with Crippen LogP contribution in [0, 0.1) is 19.7 Å². The zero-order chi connectivity index (χ0) is 30.2. The molecule has 5 rings (SSSR count). The molecule has 0 saturated heterocycles. The summed E-state index contributed by atoms with van der Waals surface area (Å²) in [6, 6.07) is 8.62. The van der Waals surface area contributed by atoms with Gasteiger partial charge in [0.1, 0.15) is 40.4 Å². The Labute approximate surface area is 241 Å². The van der Waals surface area contributed by atoms with Gasteiger partial charge in [-0.25, -0.2) is 14.2 Å². The van der Waals surface area contributed by atoms with Crippen LogP contribution in [0.25, 0.3) is 22.2 Å². The number of nitrogens with zero attached hydrogens (tertiary/aromatic N) is 3. The van der Waals surface area contributed by atoms with Crippen LogP contribution < -0.4 is 24.8 Å².